The molecule has 0 spiro atoms. The molecule has 0 aliphatic heterocycles. The van der Waals surface area contributed by atoms with Gasteiger partial charge in [0.1, 0.15) is 35.4 Å². The number of likely N-dealkylation sites (N-methyl/N-ethyl adjacent to an activating group) is 1. The second kappa shape index (κ2) is 10.9. The van der Waals surface area contributed by atoms with Gasteiger partial charge in [0.2, 0.25) is 0 Å². The van der Waals surface area contributed by atoms with Crippen molar-refractivity contribution in [1.82, 2.24) is 14.5 Å². The first-order valence-corrected chi connectivity index (χ1v) is 11.9. The molecule has 4 aromatic rings. The van der Waals surface area contributed by atoms with Gasteiger partial charge in [-0.15, -0.1) is 11.3 Å². The Balaban J connectivity index is 1.65. The van der Waals surface area contributed by atoms with Crippen LogP contribution in [0.4, 0.5) is 18.0 Å². The van der Waals surface area contributed by atoms with Crippen LogP contribution in [-0.2, 0) is 6.61 Å². The largest absolute Gasteiger partial charge is 0.491 e. The van der Waals surface area contributed by atoms with E-state index in [4.69, 9.17) is 15.2 Å². The zero-order chi connectivity index (χ0) is 28.4. The van der Waals surface area contributed by atoms with Crippen LogP contribution in [0.3, 0.4) is 0 Å². The summed E-state index contributed by atoms with van der Waals surface area (Å²) in [4.78, 5) is 51.4. The Hall–Kier alpha value is -4.79. The lowest BCUT2D eigenvalue weighted by Gasteiger charge is -2.17. The molecule has 0 bridgehead atoms. The Morgan fingerprint density at radius 3 is 2.54 bits per heavy atom. The minimum Gasteiger partial charge on any atom is -0.491 e. The van der Waals surface area contributed by atoms with Gasteiger partial charge in [-0.1, -0.05) is 0 Å². The van der Waals surface area contributed by atoms with Crippen molar-refractivity contribution in [3.05, 3.63) is 84.4 Å². The highest BCUT2D eigenvalue weighted by atomic mass is 32.1. The maximum Gasteiger partial charge on any atom is 0.346 e. The molecule has 2 heterocycles. The maximum absolute atomic E-state index is 14.8. The number of halogens is 3. The van der Waals surface area contributed by atoms with Gasteiger partial charge in [-0.25, -0.2) is 32.1 Å². The highest BCUT2D eigenvalue weighted by molar-refractivity contribution is 7.13. The lowest BCUT2D eigenvalue weighted by Crippen LogP contribution is -2.35. The summed E-state index contributed by atoms with van der Waals surface area (Å²) in [5, 5.41) is 10.3. The number of fused-ring (bicyclic) bond motifs is 1. The Labute approximate surface area is 220 Å². The van der Waals surface area contributed by atoms with Crippen LogP contribution in [0, 0.1) is 17.5 Å². The topological polar surface area (TPSA) is 157 Å². The molecular weight excluding hydrogens is 545 g/mol. The van der Waals surface area contributed by atoms with Crippen LogP contribution in [0.5, 0.6) is 11.5 Å². The van der Waals surface area contributed by atoms with E-state index < -0.39 is 53.0 Å². The molecule has 39 heavy (non-hydrogen) atoms. The van der Waals surface area contributed by atoms with Gasteiger partial charge in [-0.2, -0.15) is 0 Å². The third-order valence-corrected chi connectivity index (χ3v) is 6.57. The molecule has 11 nitrogen and oxygen atoms in total. The molecule has 2 aromatic carbocycles. The molecule has 2 aromatic heterocycles. The first-order chi connectivity index (χ1) is 18.5. The third-order valence-electron chi connectivity index (χ3n) is 5.60. The van der Waals surface area contributed by atoms with E-state index in [2.05, 4.69) is 4.98 Å². The number of aromatic carboxylic acids is 1. The fourth-order valence-corrected chi connectivity index (χ4v) is 4.40. The number of carbonyl (C=O) groups is 2. The lowest BCUT2D eigenvalue weighted by atomic mass is 10.2. The normalized spacial score (nSPS) is 11.0. The number of aromatic amines is 1. The quantitative estimate of drug-likeness (QED) is 0.282. The van der Waals surface area contributed by atoms with Crippen molar-refractivity contribution in [1.29, 1.82) is 0 Å². The van der Waals surface area contributed by atoms with E-state index in [0.717, 1.165) is 46.6 Å². The van der Waals surface area contributed by atoms with E-state index in [0.29, 0.717) is 4.57 Å². The smallest absolute Gasteiger partial charge is 0.346 e. The van der Waals surface area contributed by atoms with Crippen molar-refractivity contribution in [2.75, 3.05) is 20.2 Å². The molecule has 4 rings (SSSR count). The number of aromatic nitrogens is 2. The number of rotatable bonds is 9. The maximum atomic E-state index is 14.8. The zero-order valence-corrected chi connectivity index (χ0v) is 20.8. The summed E-state index contributed by atoms with van der Waals surface area (Å²) in [7, 11) is 1.42. The van der Waals surface area contributed by atoms with Gasteiger partial charge in [0.25, 0.3) is 5.56 Å². The van der Waals surface area contributed by atoms with Crippen molar-refractivity contribution in [2.45, 2.75) is 6.61 Å². The van der Waals surface area contributed by atoms with Crippen molar-refractivity contribution < 1.29 is 37.3 Å². The van der Waals surface area contributed by atoms with Crippen LogP contribution >= 0.6 is 11.3 Å². The highest BCUT2D eigenvalue weighted by Crippen LogP contribution is 2.27. The van der Waals surface area contributed by atoms with Crippen molar-refractivity contribution >= 4 is 34.2 Å². The molecule has 2 amide bonds. The number of thiophene rings is 1. The summed E-state index contributed by atoms with van der Waals surface area (Å²) in [6.45, 7) is -0.655. The first-order valence-electron chi connectivity index (χ1n) is 11.0. The van der Waals surface area contributed by atoms with Gasteiger partial charge in [0, 0.05) is 18.5 Å². The van der Waals surface area contributed by atoms with Crippen LogP contribution in [0.15, 0.2) is 45.3 Å². The molecule has 4 N–H and O–H groups in total. The number of nitrogens with one attached hydrogen (secondary N) is 1. The molecule has 204 valence electrons. The van der Waals surface area contributed by atoms with E-state index in [1.54, 1.807) is 0 Å². The second-order valence-corrected chi connectivity index (χ2v) is 8.96. The zero-order valence-electron chi connectivity index (χ0n) is 20.0. The standard InChI is InChI=1S/C24H19F3N4O7S/c1-30(23(28)35)6-7-37-17-5-4-14(26)19(27)12(17)9-38-11-2-3-13(25)16(8-11)31-21(32)18-15(29-24(31)36)10-39-20(18)22(33)34/h2-5,8,10H,6-7,9H2,1H3,(H2,28,35)(H,29,36)(H,33,34). The van der Waals surface area contributed by atoms with Crippen LogP contribution in [-0.4, -0.2) is 51.8 Å². The number of carboxylic acids is 1. The van der Waals surface area contributed by atoms with E-state index in [-0.39, 0.29) is 46.0 Å². The molecule has 0 unspecified atom stereocenters. The fourth-order valence-electron chi connectivity index (χ4n) is 3.57. The SMILES string of the molecule is CN(CCOc1ccc(F)c(F)c1COc1ccc(F)c(-n2c(=O)[nH]c3csc(C(=O)O)c3c2=O)c1)C(N)=O. The molecule has 0 atom stereocenters. The Bertz CT molecular complexity index is 1720. The van der Waals surface area contributed by atoms with Gasteiger partial charge in [0.15, 0.2) is 11.6 Å². The number of hydrogen-bond donors (Lipinski definition) is 3. The van der Waals surface area contributed by atoms with Crippen LogP contribution in [0.25, 0.3) is 16.6 Å². The Morgan fingerprint density at radius 2 is 1.85 bits per heavy atom. The summed E-state index contributed by atoms with van der Waals surface area (Å²) in [5.41, 5.74) is 2.11. The number of ether oxygens (including phenoxy) is 2. The molecule has 0 radical (unpaired) electrons. The van der Waals surface area contributed by atoms with Crippen LogP contribution in [0.1, 0.15) is 15.2 Å². The molecule has 0 aliphatic rings. The van der Waals surface area contributed by atoms with E-state index >= 15 is 0 Å². The monoisotopic (exact) mass is 564 g/mol. The van der Waals surface area contributed by atoms with Crippen LogP contribution in [0.2, 0.25) is 0 Å². The summed E-state index contributed by atoms with van der Waals surface area (Å²) in [6.07, 6.45) is 0. The number of hydrogen-bond acceptors (Lipinski definition) is 7. The van der Waals surface area contributed by atoms with Crippen LogP contribution < -0.4 is 26.5 Å². The minimum atomic E-state index is -1.40. The number of nitrogens with zero attached hydrogens (tertiary/aromatic N) is 2. The van der Waals surface area contributed by atoms with Crippen molar-refractivity contribution in [2.24, 2.45) is 5.73 Å². The van der Waals surface area contributed by atoms with E-state index in [1.807, 2.05) is 0 Å². The molecule has 15 heteroatoms. The first kappa shape index (κ1) is 27.3. The Kier molecular flexibility index (Phi) is 7.62. The van der Waals surface area contributed by atoms with Gasteiger partial charge >= 0.3 is 17.7 Å². The number of nitrogens with two attached hydrogens (primary N) is 1. The summed E-state index contributed by atoms with van der Waals surface area (Å²) >= 11 is 0.718. The number of carboxylic acid groups (broad SMARTS) is 1. The summed E-state index contributed by atoms with van der Waals surface area (Å²) in [6, 6.07) is 4.27. The number of H-pyrrole nitrogens is 1. The number of primary amides is 1. The minimum absolute atomic E-state index is 0.0207. The molecule has 0 fully saturated rings. The van der Waals surface area contributed by atoms with Gasteiger partial charge in [-0.05, 0) is 24.3 Å². The molecule has 0 saturated carbocycles. The fraction of sp³-hybridized carbons (Fsp3) is 0.167. The number of amides is 2. The number of urea groups is 1. The highest BCUT2D eigenvalue weighted by Gasteiger charge is 2.21. The average Bonchev–Trinajstić information content (AvgIpc) is 3.31. The van der Waals surface area contributed by atoms with Gasteiger partial charge in [0.05, 0.1) is 28.7 Å². The summed E-state index contributed by atoms with van der Waals surface area (Å²) < 4.78 is 54.7. The third kappa shape index (κ3) is 5.43. The molecule has 0 aliphatic carbocycles. The van der Waals surface area contributed by atoms with Gasteiger partial charge in [-0.3, -0.25) is 4.79 Å². The lowest BCUT2D eigenvalue weighted by molar-refractivity contribution is 0.0704. The molecular formula is C24H19F3N4O7S. The second-order valence-electron chi connectivity index (χ2n) is 8.08. The van der Waals surface area contributed by atoms with Crippen molar-refractivity contribution in [3.63, 3.8) is 0 Å². The van der Waals surface area contributed by atoms with Crippen molar-refractivity contribution in [3.8, 4) is 17.2 Å². The predicted molar refractivity (Wildman–Crippen MR) is 133 cm³/mol. The average molecular weight is 564 g/mol. The number of benzene rings is 2. The van der Waals surface area contributed by atoms with E-state index in [1.165, 1.54) is 12.4 Å². The van der Waals surface area contributed by atoms with Gasteiger partial charge < -0.3 is 30.2 Å². The summed E-state index contributed by atoms with van der Waals surface area (Å²) in [5.74, 6) is -5.10. The Morgan fingerprint density at radius 1 is 1.13 bits per heavy atom. The molecule has 0 saturated heterocycles. The number of carbonyl (C=O) groups excluding carboxylic acids is 1. The predicted octanol–water partition coefficient (Wildman–Crippen LogP) is 2.82. The van der Waals surface area contributed by atoms with E-state index in [9.17, 15) is 37.5 Å².